The van der Waals surface area contributed by atoms with Crippen molar-refractivity contribution in [2.45, 2.75) is 32.7 Å². The van der Waals surface area contributed by atoms with Crippen LogP contribution in [0.1, 0.15) is 38.6 Å². The molecular formula is C16H21N3O. The third-order valence-corrected chi connectivity index (χ3v) is 4.39. The molecule has 4 nitrogen and oxygen atoms in total. The minimum absolute atomic E-state index is 0.0390. The van der Waals surface area contributed by atoms with E-state index in [0.29, 0.717) is 5.39 Å². The summed E-state index contributed by atoms with van der Waals surface area (Å²) in [4.78, 5) is 22.1. The van der Waals surface area contributed by atoms with Crippen molar-refractivity contribution in [2.75, 3.05) is 13.1 Å². The Bertz CT molecular complexity index is 656. The summed E-state index contributed by atoms with van der Waals surface area (Å²) in [5.41, 5.74) is 0.742. The molecule has 1 aromatic carbocycles. The number of fused-ring (bicyclic) bond motifs is 1. The number of H-pyrrole nitrogens is 1. The highest BCUT2D eigenvalue weighted by Crippen LogP contribution is 2.24. The summed E-state index contributed by atoms with van der Waals surface area (Å²) in [5.74, 6) is 1.59. The first-order valence-electron chi connectivity index (χ1n) is 7.38. The number of hydrogen-bond donors (Lipinski definition) is 1. The van der Waals surface area contributed by atoms with Crippen LogP contribution in [0, 0.1) is 5.92 Å². The standard InChI is InChI=1S/C16H21N3O/c1-11-7-9-19(10-8-11)12(2)15-17-14-6-4-3-5-13(14)16(20)18-15/h3-6,11-12H,7-10H2,1-2H3,(H,17,18,20)/t12-/m1/s1. The number of nitrogens with one attached hydrogen (secondary N) is 1. The molecule has 0 saturated carbocycles. The van der Waals surface area contributed by atoms with Crippen molar-refractivity contribution < 1.29 is 0 Å². The fourth-order valence-electron chi connectivity index (χ4n) is 2.89. The van der Waals surface area contributed by atoms with Crippen molar-refractivity contribution in [1.82, 2.24) is 14.9 Å². The molecule has 1 aromatic heterocycles. The minimum atomic E-state index is -0.0390. The average Bonchev–Trinajstić information content (AvgIpc) is 2.47. The van der Waals surface area contributed by atoms with E-state index >= 15 is 0 Å². The molecule has 1 atom stereocenters. The lowest BCUT2D eigenvalue weighted by molar-refractivity contribution is 0.142. The number of aromatic amines is 1. The van der Waals surface area contributed by atoms with Crippen LogP contribution in [-0.4, -0.2) is 28.0 Å². The van der Waals surface area contributed by atoms with Crippen molar-refractivity contribution in [1.29, 1.82) is 0 Å². The summed E-state index contributed by atoms with van der Waals surface area (Å²) in [5, 5.41) is 0.663. The lowest BCUT2D eigenvalue weighted by atomic mass is 9.98. The van der Waals surface area contributed by atoms with Crippen LogP contribution in [0.3, 0.4) is 0 Å². The van der Waals surface area contributed by atoms with Gasteiger partial charge in [-0.15, -0.1) is 0 Å². The molecule has 1 aliphatic heterocycles. The van der Waals surface area contributed by atoms with E-state index in [1.807, 2.05) is 24.3 Å². The molecule has 0 spiro atoms. The first kappa shape index (κ1) is 13.3. The third kappa shape index (κ3) is 2.48. The Hall–Kier alpha value is -1.68. The number of piperidine rings is 1. The zero-order valence-corrected chi connectivity index (χ0v) is 12.1. The number of aromatic nitrogens is 2. The minimum Gasteiger partial charge on any atom is -0.309 e. The molecule has 0 aliphatic carbocycles. The molecule has 2 heterocycles. The van der Waals surface area contributed by atoms with Gasteiger partial charge in [-0.2, -0.15) is 0 Å². The monoisotopic (exact) mass is 271 g/mol. The van der Waals surface area contributed by atoms with E-state index in [9.17, 15) is 4.79 Å². The maximum absolute atomic E-state index is 12.1. The largest absolute Gasteiger partial charge is 0.309 e. The van der Waals surface area contributed by atoms with E-state index in [0.717, 1.165) is 30.3 Å². The number of nitrogens with zero attached hydrogens (tertiary/aromatic N) is 2. The van der Waals surface area contributed by atoms with Crippen molar-refractivity contribution in [3.05, 3.63) is 40.4 Å². The maximum atomic E-state index is 12.1. The van der Waals surface area contributed by atoms with Crippen molar-refractivity contribution in [3.8, 4) is 0 Å². The number of rotatable bonds is 2. The van der Waals surface area contributed by atoms with Gasteiger partial charge in [0.1, 0.15) is 5.82 Å². The second kappa shape index (κ2) is 5.37. The summed E-state index contributed by atoms with van der Waals surface area (Å²) in [6, 6.07) is 7.68. The fraction of sp³-hybridized carbons (Fsp3) is 0.500. The molecule has 106 valence electrons. The second-order valence-corrected chi connectivity index (χ2v) is 5.86. The number of para-hydroxylation sites is 1. The molecule has 20 heavy (non-hydrogen) atoms. The average molecular weight is 271 g/mol. The molecule has 3 rings (SSSR count). The molecular weight excluding hydrogens is 250 g/mol. The second-order valence-electron chi connectivity index (χ2n) is 5.86. The lowest BCUT2D eigenvalue weighted by Gasteiger charge is -2.34. The highest BCUT2D eigenvalue weighted by atomic mass is 16.1. The Balaban J connectivity index is 1.92. The van der Waals surface area contributed by atoms with Crippen LogP contribution in [0.5, 0.6) is 0 Å². The van der Waals surface area contributed by atoms with Gasteiger partial charge >= 0.3 is 0 Å². The van der Waals surface area contributed by atoms with Crippen molar-refractivity contribution in [3.63, 3.8) is 0 Å². The highest BCUT2D eigenvalue weighted by molar-refractivity contribution is 5.77. The van der Waals surface area contributed by atoms with Gasteiger partial charge in [0.15, 0.2) is 0 Å². The zero-order valence-electron chi connectivity index (χ0n) is 12.1. The molecule has 0 bridgehead atoms. The van der Waals surface area contributed by atoms with E-state index in [1.165, 1.54) is 12.8 Å². The summed E-state index contributed by atoms with van der Waals surface area (Å²) >= 11 is 0. The normalized spacial score (nSPS) is 19.3. The Labute approximate surface area is 118 Å². The van der Waals surface area contributed by atoms with Gasteiger partial charge in [0, 0.05) is 0 Å². The molecule has 1 saturated heterocycles. The van der Waals surface area contributed by atoms with Gasteiger partial charge in [0.25, 0.3) is 5.56 Å². The van der Waals surface area contributed by atoms with E-state index in [1.54, 1.807) is 0 Å². The smallest absolute Gasteiger partial charge is 0.258 e. The Kier molecular flexibility index (Phi) is 3.57. The van der Waals surface area contributed by atoms with Crippen LogP contribution >= 0.6 is 0 Å². The quantitative estimate of drug-likeness (QED) is 0.913. The Morgan fingerprint density at radius 1 is 1.30 bits per heavy atom. The molecule has 0 radical (unpaired) electrons. The predicted molar refractivity (Wildman–Crippen MR) is 80.7 cm³/mol. The highest BCUT2D eigenvalue weighted by Gasteiger charge is 2.23. The molecule has 2 aromatic rings. The van der Waals surface area contributed by atoms with Gasteiger partial charge in [0.2, 0.25) is 0 Å². The molecule has 0 unspecified atom stereocenters. The molecule has 1 fully saturated rings. The summed E-state index contributed by atoms with van der Waals surface area (Å²) in [6.07, 6.45) is 2.45. The summed E-state index contributed by atoms with van der Waals surface area (Å²) in [6.45, 7) is 6.60. The summed E-state index contributed by atoms with van der Waals surface area (Å²) in [7, 11) is 0. The van der Waals surface area contributed by atoms with Gasteiger partial charge < -0.3 is 4.98 Å². The van der Waals surface area contributed by atoms with Gasteiger partial charge in [-0.3, -0.25) is 9.69 Å². The van der Waals surface area contributed by atoms with Gasteiger partial charge in [-0.1, -0.05) is 19.1 Å². The Morgan fingerprint density at radius 3 is 2.75 bits per heavy atom. The van der Waals surface area contributed by atoms with Crippen LogP contribution in [0.4, 0.5) is 0 Å². The van der Waals surface area contributed by atoms with E-state index < -0.39 is 0 Å². The number of benzene rings is 1. The number of hydrogen-bond acceptors (Lipinski definition) is 3. The zero-order chi connectivity index (χ0) is 14.1. The van der Waals surface area contributed by atoms with Gasteiger partial charge in [-0.25, -0.2) is 4.98 Å². The SMILES string of the molecule is CC1CCN([C@H](C)c2nc3ccccc3c(=O)[nH]2)CC1. The van der Waals surface area contributed by atoms with Crippen LogP contribution in [0.15, 0.2) is 29.1 Å². The maximum Gasteiger partial charge on any atom is 0.258 e. The van der Waals surface area contributed by atoms with Crippen LogP contribution in [0.25, 0.3) is 10.9 Å². The van der Waals surface area contributed by atoms with E-state index in [-0.39, 0.29) is 11.6 Å². The van der Waals surface area contributed by atoms with E-state index in [4.69, 9.17) is 0 Å². The molecule has 1 aliphatic rings. The summed E-state index contributed by atoms with van der Waals surface area (Å²) < 4.78 is 0. The predicted octanol–water partition coefficient (Wildman–Crippen LogP) is 2.72. The first-order valence-corrected chi connectivity index (χ1v) is 7.38. The lowest BCUT2D eigenvalue weighted by Crippen LogP contribution is -2.36. The van der Waals surface area contributed by atoms with Crippen molar-refractivity contribution >= 4 is 10.9 Å². The van der Waals surface area contributed by atoms with Crippen LogP contribution in [-0.2, 0) is 0 Å². The molecule has 0 amide bonds. The van der Waals surface area contributed by atoms with Gasteiger partial charge in [-0.05, 0) is 50.9 Å². The topological polar surface area (TPSA) is 49.0 Å². The molecule has 4 heteroatoms. The van der Waals surface area contributed by atoms with Gasteiger partial charge in [0.05, 0.1) is 16.9 Å². The number of likely N-dealkylation sites (tertiary alicyclic amines) is 1. The van der Waals surface area contributed by atoms with Crippen LogP contribution < -0.4 is 5.56 Å². The van der Waals surface area contributed by atoms with Crippen LogP contribution in [0.2, 0.25) is 0 Å². The van der Waals surface area contributed by atoms with Crippen molar-refractivity contribution in [2.24, 2.45) is 5.92 Å². The third-order valence-electron chi connectivity index (χ3n) is 4.39. The molecule has 1 N–H and O–H groups in total. The first-order chi connectivity index (χ1) is 9.65. The Morgan fingerprint density at radius 2 is 2.00 bits per heavy atom. The van der Waals surface area contributed by atoms with E-state index in [2.05, 4.69) is 28.7 Å². The fourth-order valence-corrected chi connectivity index (χ4v) is 2.89.